The molecule has 0 spiro atoms. The van der Waals surface area contributed by atoms with Gasteiger partial charge >= 0.3 is 0 Å². The quantitative estimate of drug-likeness (QED) is 0.882. The van der Waals surface area contributed by atoms with E-state index in [0.29, 0.717) is 10.4 Å². The third-order valence-corrected chi connectivity index (χ3v) is 2.74. The van der Waals surface area contributed by atoms with Crippen LogP contribution in [0.4, 0.5) is 4.39 Å². The van der Waals surface area contributed by atoms with Crippen molar-refractivity contribution in [3.05, 3.63) is 34.1 Å². The molecule has 0 aliphatic rings. The molecule has 0 aliphatic carbocycles. The van der Waals surface area contributed by atoms with Crippen LogP contribution in [0.25, 0.3) is 0 Å². The van der Waals surface area contributed by atoms with E-state index in [1.165, 1.54) is 6.07 Å². The maximum atomic E-state index is 13.2. The molecule has 0 unspecified atom stereocenters. The summed E-state index contributed by atoms with van der Waals surface area (Å²) in [4.78, 5) is 0. The van der Waals surface area contributed by atoms with Crippen molar-refractivity contribution in [2.75, 3.05) is 0 Å². The molecule has 2 N–H and O–H groups in total. The van der Waals surface area contributed by atoms with Crippen LogP contribution in [0.15, 0.2) is 22.7 Å². The van der Waals surface area contributed by atoms with Crippen LogP contribution in [0.5, 0.6) is 0 Å². The van der Waals surface area contributed by atoms with E-state index < -0.39 is 0 Å². The van der Waals surface area contributed by atoms with Gasteiger partial charge in [-0.15, -0.1) is 0 Å². The van der Waals surface area contributed by atoms with Crippen molar-refractivity contribution < 1.29 is 4.39 Å². The van der Waals surface area contributed by atoms with Gasteiger partial charge in [-0.05, 0) is 46.0 Å². The van der Waals surface area contributed by atoms with E-state index in [-0.39, 0.29) is 11.9 Å². The van der Waals surface area contributed by atoms with Crippen LogP contribution in [0.2, 0.25) is 0 Å². The topological polar surface area (TPSA) is 26.0 Å². The van der Waals surface area contributed by atoms with E-state index in [2.05, 4.69) is 29.8 Å². The second kappa shape index (κ2) is 4.89. The first-order valence-corrected chi connectivity index (χ1v) is 5.50. The molecular formula is C11H15BrFN. The normalized spacial score (nSPS) is 13.3. The van der Waals surface area contributed by atoms with Crippen LogP contribution in [0.1, 0.15) is 31.9 Å². The molecule has 0 radical (unpaired) electrons. The Morgan fingerprint density at radius 2 is 2.07 bits per heavy atom. The number of rotatable bonds is 3. The second-order valence-corrected chi connectivity index (χ2v) is 4.76. The summed E-state index contributed by atoms with van der Waals surface area (Å²) in [5, 5.41) is 0. The van der Waals surface area contributed by atoms with Gasteiger partial charge in [-0.1, -0.05) is 19.9 Å². The van der Waals surface area contributed by atoms with Crippen LogP contribution < -0.4 is 5.73 Å². The summed E-state index contributed by atoms with van der Waals surface area (Å²) in [7, 11) is 0. The summed E-state index contributed by atoms with van der Waals surface area (Å²) in [5.74, 6) is 0.276. The highest BCUT2D eigenvalue weighted by molar-refractivity contribution is 9.10. The number of nitrogens with two attached hydrogens (primary N) is 1. The molecule has 1 aromatic carbocycles. The third-order valence-electron chi connectivity index (χ3n) is 2.10. The Bertz CT molecular complexity index is 312. The Hall–Kier alpha value is -0.410. The van der Waals surface area contributed by atoms with Gasteiger partial charge in [0.15, 0.2) is 0 Å². The average molecular weight is 260 g/mol. The molecule has 1 rings (SSSR count). The smallest absolute Gasteiger partial charge is 0.137 e. The molecule has 14 heavy (non-hydrogen) atoms. The highest BCUT2D eigenvalue weighted by atomic mass is 79.9. The zero-order valence-electron chi connectivity index (χ0n) is 8.43. The maximum absolute atomic E-state index is 13.2. The van der Waals surface area contributed by atoms with Crippen molar-refractivity contribution in [1.29, 1.82) is 0 Å². The monoisotopic (exact) mass is 259 g/mol. The SMILES string of the molecule is CC(C)C[C@@H](N)c1ccc(Br)c(F)c1. The summed E-state index contributed by atoms with van der Waals surface area (Å²) < 4.78 is 13.7. The molecule has 1 aromatic rings. The summed E-state index contributed by atoms with van der Waals surface area (Å²) in [6.45, 7) is 4.21. The highest BCUT2D eigenvalue weighted by Crippen LogP contribution is 2.23. The lowest BCUT2D eigenvalue weighted by Crippen LogP contribution is -2.13. The fraction of sp³-hybridized carbons (Fsp3) is 0.455. The van der Waals surface area contributed by atoms with Crippen molar-refractivity contribution >= 4 is 15.9 Å². The van der Waals surface area contributed by atoms with Gasteiger partial charge in [0.25, 0.3) is 0 Å². The minimum atomic E-state index is -0.248. The van der Waals surface area contributed by atoms with E-state index in [1.54, 1.807) is 6.07 Å². The zero-order valence-corrected chi connectivity index (χ0v) is 10.0. The molecule has 78 valence electrons. The van der Waals surface area contributed by atoms with E-state index in [0.717, 1.165) is 12.0 Å². The zero-order chi connectivity index (χ0) is 10.7. The molecule has 0 aliphatic heterocycles. The molecular weight excluding hydrogens is 245 g/mol. The fourth-order valence-electron chi connectivity index (χ4n) is 1.39. The first-order valence-electron chi connectivity index (χ1n) is 4.71. The van der Waals surface area contributed by atoms with Crippen molar-refractivity contribution in [3.8, 4) is 0 Å². The molecule has 0 aromatic heterocycles. The third kappa shape index (κ3) is 3.07. The standard InChI is InChI=1S/C11H15BrFN/c1-7(2)5-11(14)8-3-4-9(12)10(13)6-8/h3-4,6-7,11H,5,14H2,1-2H3/t11-/m1/s1. The predicted octanol–water partition coefficient (Wildman–Crippen LogP) is 3.63. The lowest BCUT2D eigenvalue weighted by Gasteiger charge is -2.14. The van der Waals surface area contributed by atoms with Gasteiger partial charge in [0.1, 0.15) is 5.82 Å². The van der Waals surface area contributed by atoms with Gasteiger partial charge in [-0.3, -0.25) is 0 Å². The van der Waals surface area contributed by atoms with E-state index >= 15 is 0 Å². The van der Waals surface area contributed by atoms with E-state index in [9.17, 15) is 4.39 Å². The highest BCUT2D eigenvalue weighted by Gasteiger charge is 2.10. The van der Waals surface area contributed by atoms with Crippen molar-refractivity contribution in [2.45, 2.75) is 26.3 Å². The minimum Gasteiger partial charge on any atom is -0.324 e. The van der Waals surface area contributed by atoms with Gasteiger partial charge in [-0.25, -0.2) is 4.39 Å². The largest absolute Gasteiger partial charge is 0.324 e. The van der Waals surface area contributed by atoms with Crippen molar-refractivity contribution in [1.82, 2.24) is 0 Å². The van der Waals surface area contributed by atoms with Crippen LogP contribution in [-0.4, -0.2) is 0 Å². The molecule has 3 heteroatoms. The Morgan fingerprint density at radius 1 is 1.43 bits per heavy atom. The lowest BCUT2D eigenvalue weighted by atomic mass is 9.98. The van der Waals surface area contributed by atoms with Gasteiger partial charge in [0, 0.05) is 6.04 Å². The minimum absolute atomic E-state index is 0.0717. The number of benzene rings is 1. The molecule has 0 bridgehead atoms. The van der Waals surface area contributed by atoms with Crippen molar-refractivity contribution in [3.63, 3.8) is 0 Å². The van der Waals surface area contributed by atoms with Crippen LogP contribution in [0, 0.1) is 11.7 Å². The Kier molecular flexibility index (Phi) is 4.08. The molecule has 0 amide bonds. The molecule has 0 heterocycles. The fourth-order valence-corrected chi connectivity index (χ4v) is 1.63. The predicted molar refractivity (Wildman–Crippen MR) is 60.5 cm³/mol. The van der Waals surface area contributed by atoms with Gasteiger partial charge in [0.2, 0.25) is 0 Å². The molecule has 1 nitrogen and oxygen atoms in total. The number of hydrogen-bond donors (Lipinski definition) is 1. The maximum Gasteiger partial charge on any atom is 0.137 e. The Morgan fingerprint density at radius 3 is 2.57 bits per heavy atom. The second-order valence-electron chi connectivity index (χ2n) is 3.91. The molecule has 1 atom stereocenters. The molecule has 0 saturated heterocycles. The van der Waals surface area contributed by atoms with Crippen LogP contribution in [-0.2, 0) is 0 Å². The summed E-state index contributed by atoms with van der Waals surface area (Å²) in [6, 6.07) is 4.99. The van der Waals surface area contributed by atoms with Crippen LogP contribution in [0.3, 0.4) is 0 Å². The van der Waals surface area contributed by atoms with E-state index in [4.69, 9.17) is 5.73 Å². The molecule has 0 fully saturated rings. The summed E-state index contributed by atoms with van der Waals surface area (Å²) in [5.41, 5.74) is 6.79. The van der Waals surface area contributed by atoms with E-state index in [1.807, 2.05) is 6.07 Å². The number of hydrogen-bond acceptors (Lipinski definition) is 1. The van der Waals surface area contributed by atoms with Gasteiger partial charge in [0.05, 0.1) is 4.47 Å². The lowest BCUT2D eigenvalue weighted by molar-refractivity contribution is 0.507. The Balaban J connectivity index is 2.80. The van der Waals surface area contributed by atoms with Gasteiger partial charge < -0.3 is 5.73 Å². The summed E-state index contributed by atoms with van der Waals surface area (Å²) in [6.07, 6.45) is 0.876. The van der Waals surface area contributed by atoms with Crippen molar-refractivity contribution in [2.24, 2.45) is 11.7 Å². The molecule has 0 saturated carbocycles. The first-order chi connectivity index (χ1) is 6.50. The Labute approximate surface area is 92.6 Å². The first kappa shape index (κ1) is 11.7. The number of halogens is 2. The average Bonchev–Trinajstić information content (AvgIpc) is 2.08. The summed E-state index contributed by atoms with van der Waals surface area (Å²) >= 11 is 3.11. The van der Waals surface area contributed by atoms with Gasteiger partial charge in [-0.2, -0.15) is 0 Å². The van der Waals surface area contributed by atoms with Crippen LogP contribution >= 0.6 is 15.9 Å².